The average Bonchev–Trinajstić information content (AvgIpc) is 2.04. The third-order valence-electron chi connectivity index (χ3n) is 1.41. The Morgan fingerprint density at radius 2 is 2.50 bits per heavy atom. The average molecular weight is 132 g/mol. The highest BCUT2D eigenvalue weighted by Crippen LogP contribution is 2.04. The second kappa shape index (κ2) is 2.98. The van der Waals surface area contributed by atoms with Crippen LogP contribution in [0.15, 0.2) is 18.5 Å². The summed E-state index contributed by atoms with van der Waals surface area (Å²) in [7, 11) is 0. The quantitative estimate of drug-likeness (QED) is 0.580. The van der Waals surface area contributed by atoms with Gasteiger partial charge in [-0.15, -0.1) is 0 Å². The van der Waals surface area contributed by atoms with Gasteiger partial charge in [0.1, 0.15) is 6.07 Å². The van der Waals surface area contributed by atoms with Crippen LogP contribution in [0.4, 0.5) is 0 Å². The van der Waals surface area contributed by atoms with Crippen LogP contribution in [0.1, 0.15) is 18.1 Å². The largest absolute Gasteiger partial charge is 0.263 e. The summed E-state index contributed by atoms with van der Waals surface area (Å²) >= 11 is 0. The Labute approximate surface area is 60.1 Å². The third-order valence-corrected chi connectivity index (χ3v) is 1.41. The van der Waals surface area contributed by atoms with Gasteiger partial charge in [-0.25, -0.2) is 0 Å². The minimum Gasteiger partial charge on any atom is -0.263 e. The van der Waals surface area contributed by atoms with E-state index in [0.717, 1.165) is 12.0 Å². The molecular formula is C8H8N2. The molecule has 0 N–H and O–H groups in total. The maximum Gasteiger partial charge on any atom is 0.101 e. The van der Waals surface area contributed by atoms with Gasteiger partial charge in [-0.2, -0.15) is 5.26 Å². The first kappa shape index (κ1) is 6.76. The van der Waals surface area contributed by atoms with Crippen LogP contribution in [-0.4, -0.2) is 4.98 Å². The first-order valence-corrected chi connectivity index (χ1v) is 3.21. The molecule has 0 radical (unpaired) electrons. The Bertz CT molecular complexity index is 260. The lowest BCUT2D eigenvalue weighted by molar-refractivity contribution is 1.10. The molecule has 0 aliphatic heterocycles. The van der Waals surface area contributed by atoms with E-state index in [4.69, 9.17) is 5.26 Å². The zero-order valence-electron chi connectivity index (χ0n) is 5.83. The molecule has 1 aromatic heterocycles. The number of pyridine rings is 1. The first-order valence-electron chi connectivity index (χ1n) is 3.21. The van der Waals surface area contributed by atoms with Crippen LogP contribution in [0.5, 0.6) is 0 Å². The van der Waals surface area contributed by atoms with Crippen molar-refractivity contribution in [2.45, 2.75) is 13.3 Å². The molecule has 0 fully saturated rings. The topological polar surface area (TPSA) is 36.7 Å². The Kier molecular flexibility index (Phi) is 2.01. The van der Waals surface area contributed by atoms with Crippen molar-refractivity contribution in [1.29, 1.82) is 5.26 Å². The van der Waals surface area contributed by atoms with Crippen LogP contribution in [0.3, 0.4) is 0 Å². The summed E-state index contributed by atoms with van der Waals surface area (Å²) in [6, 6.07) is 3.96. The van der Waals surface area contributed by atoms with Crippen LogP contribution >= 0.6 is 0 Å². The molecule has 2 nitrogen and oxygen atoms in total. The van der Waals surface area contributed by atoms with E-state index >= 15 is 0 Å². The van der Waals surface area contributed by atoms with Crippen molar-refractivity contribution in [3.05, 3.63) is 29.6 Å². The van der Waals surface area contributed by atoms with Crippen molar-refractivity contribution >= 4 is 0 Å². The van der Waals surface area contributed by atoms with E-state index in [0.29, 0.717) is 5.56 Å². The molecule has 0 aliphatic carbocycles. The summed E-state index contributed by atoms with van der Waals surface area (Å²) in [4.78, 5) is 3.84. The van der Waals surface area contributed by atoms with Gasteiger partial charge in [0.05, 0.1) is 5.56 Å². The standard InChI is InChI=1S/C8H8N2/c1-2-7-3-4-10-6-8(7)5-9/h3-4,6H,2H2,1H3. The number of hydrogen-bond acceptors (Lipinski definition) is 2. The van der Waals surface area contributed by atoms with Crippen LogP contribution in [-0.2, 0) is 6.42 Å². The SMILES string of the molecule is CCc1ccncc1C#N. The van der Waals surface area contributed by atoms with E-state index < -0.39 is 0 Å². The van der Waals surface area contributed by atoms with E-state index in [-0.39, 0.29) is 0 Å². The molecule has 10 heavy (non-hydrogen) atoms. The molecule has 0 saturated heterocycles. The molecule has 0 aliphatic rings. The number of nitriles is 1. The van der Waals surface area contributed by atoms with Gasteiger partial charge >= 0.3 is 0 Å². The molecule has 0 amide bonds. The number of nitrogens with zero attached hydrogens (tertiary/aromatic N) is 2. The molecule has 50 valence electrons. The van der Waals surface area contributed by atoms with Crippen molar-refractivity contribution < 1.29 is 0 Å². The van der Waals surface area contributed by atoms with Crippen LogP contribution in [0.25, 0.3) is 0 Å². The Hall–Kier alpha value is -1.36. The highest BCUT2D eigenvalue weighted by molar-refractivity contribution is 5.34. The summed E-state index contributed by atoms with van der Waals surface area (Å²) in [5, 5.41) is 8.56. The molecule has 1 heterocycles. The first-order chi connectivity index (χ1) is 4.88. The summed E-state index contributed by atoms with van der Waals surface area (Å²) in [5.74, 6) is 0. The van der Waals surface area contributed by atoms with Crippen molar-refractivity contribution in [1.82, 2.24) is 4.98 Å². The number of aromatic nitrogens is 1. The lowest BCUT2D eigenvalue weighted by atomic mass is 10.1. The van der Waals surface area contributed by atoms with Gasteiger partial charge in [0.25, 0.3) is 0 Å². The molecule has 0 aromatic carbocycles. The monoisotopic (exact) mass is 132 g/mol. The molecule has 0 spiro atoms. The van der Waals surface area contributed by atoms with Gasteiger partial charge in [-0.3, -0.25) is 4.98 Å². The van der Waals surface area contributed by atoms with Crippen molar-refractivity contribution in [3.63, 3.8) is 0 Å². The van der Waals surface area contributed by atoms with E-state index in [1.54, 1.807) is 12.4 Å². The Morgan fingerprint density at radius 1 is 1.70 bits per heavy atom. The maximum atomic E-state index is 8.56. The highest BCUT2D eigenvalue weighted by Gasteiger charge is 1.95. The van der Waals surface area contributed by atoms with Gasteiger partial charge in [0.2, 0.25) is 0 Å². The lowest BCUT2D eigenvalue weighted by Crippen LogP contribution is -1.86. The molecule has 0 unspecified atom stereocenters. The summed E-state index contributed by atoms with van der Waals surface area (Å²) in [6.45, 7) is 2.02. The van der Waals surface area contributed by atoms with Crippen LogP contribution in [0.2, 0.25) is 0 Å². The number of hydrogen-bond donors (Lipinski definition) is 0. The number of rotatable bonds is 1. The summed E-state index contributed by atoms with van der Waals surface area (Å²) < 4.78 is 0. The van der Waals surface area contributed by atoms with E-state index in [9.17, 15) is 0 Å². The second-order valence-corrected chi connectivity index (χ2v) is 2.00. The molecular weight excluding hydrogens is 124 g/mol. The molecule has 0 bridgehead atoms. The predicted molar refractivity (Wildman–Crippen MR) is 38.3 cm³/mol. The molecule has 0 atom stereocenters. The smallest absolute Gasteiger partial charge is 0.101 e. The molecule has 2 heteroatoms. The van der Waals surface area contributed by atoms with Crippen LogP contribution < -0.4 is 0 Å². The van der Waals surface area contributed by atoms with Gasteiger partial charge in [-0.05, 0) is 18.1 Å². The fourth-order valence-corrected chi connectivity index (χ4v) is 0.832. The third kappa shape index (κ3) is 1.14. The van der Waals surface area contributed by atoms with Crippen LogP contribution in [0, 0.1) is 11.3 Å². The maximum absolute atomic E-state index is 8.56. The van der Waals surface area contributed by atoms with Gasteiger partial charge in [0.15, 0.2) is 0 Å². The molecule has 0 saturated carbocycles. The van der Waals surface area contributed by atoms with Gasteiger partial charge in [0, 0.05) is 12.4 Å². The minimum atomic E-state index is 0.685. The fraction of sp³-hybridized carbons (Fsp3) is 0.250. The second-order valence-electron chi connectivity index (χ2n) is 2.00. The molecule has 1 aromatic rings. The Balaban J connectivity index is 3.12. The lowest BCUT2D eigenvalue weighted by Gasteiger charge is -1.95. The highest BCUT2D eigenvalue weighted by atomic mass is 14.6. The normalized spacial score (nSPS) is 8.80. The number of aryl methyl sites for hydroxylation is 1. The van der Waals surface area contributed by atoms with E-state index in [1.807, 2.05) is 13.0 Å². The zero-order valence-corrected chi connectivity index (χ0v) is 5.83. The van der Waals surface area contributed by atoms with Gasteiger partial charge in [-0.1, -0.05) is 6.92 Å². The van der Waals surface area contributed by atoms with Crippen molar-refractivity contribution in [2.24, 2.45) is 0 Å². The Morgan fingerprint density at radius 3 is 3.00 bits per heavy atom. The fourth-order valence-electron chi connectivity index (χ4n) is 0.832. The van der Waals surface area contributed by atoms with Crippen molar-refractivity contribution in [2.75, 3.05) is 0 Å². The van der Waals surface area contributed by atoms with Gasteiger partial charge < -0.3 is 0 Å². The summed E-state index contributed by atoms with van der Waals surface area (Å²) in [5.41, 5.74) is 1.75. The molecule has 1 rings (SSSR count). The zero-order chi connectivity index (χ0) is 7.40. The minimum absolute atomic E-state index is 0.685. The van der Waals surface area contributed by atoms with E-state index in [2.05, 4.69) is 11.1 Å². The predicted octanol–water partition coefficient (Wildman–Crippen LogP) is 1.52. The van der Waals surface area contributed by atoms with E-state index in [1.165, 1.54) is 0 Å². The summed E-state index contributed by atoms with van der Waals surface area (Å²) in [6.07, 6.45) is 4.20. The van der Waals surface area contributed by atoms with Crippen molar-refractivity contribution in [3.8, 4) is 6.07 Å².